The highest BCUT2D eigenvalue weighted by Gasteiger charge is 2.42. The highest BCUT2D eigenvalue weighted by atomic mass is 19.4. The largest absolute Gasteiger partial charge is 0.490 e. The Morgan fingerprint density at radius 1 is 0.956 bits per heavy atom. The first-order valence-electron chi connectivity index (χ1n) is 16.1. The second-order valence-electron chi connectivity index (χ2n) is 13.6. The van der Waals surface area contributed by atoms with E-state index < -0.39 is 41.4 Å². The molecule has 10 heteroatoms. The summed E-state index contributed by atoms with van der Waals surface area (Å²) in [6.07, 6.45) is -3.06. The minimum atomic E-state index is -4.78. The summed E-state index contributed by atoms with van der Waals surface area (Å²) in [5, 5.41) is 9.71. The van der Waals surface area contributed by atoms with Crippen molar-refractivity contribution in [3.8, 4) is 5.75 Å². The second-order valence-corrected chi connectivity index (χ2v) is 13.6. The first-order valence-corrected chi connectivity index (χ1v) is 16.1. The van der Waals surface area contributed by atoms with Gasteiger partial charge in [0.1, 0.15) is 11.9 Å². The fourth-order valence-electron chi connectivity index (χ4n) is 7.92. The third kappa shape index (κ3) is 7.31. The molecule has 2 aromatic carbocycles. The van der Waals surface area contributed by atoms with Crippen molar-refractivity contribution in [3.63, 3.8) is 0 Å². The number of piperidine rings is 1. The fraction of sp³-hybridized carbons (Fsp3) is 0.629. The second kappa shape index (κ2) is 12.8. The van der Waals surface area contributed by atoms with E-state index in [1.54, 1.807) is 13.8 Å². The Morgan fingerprint density at radius 2 is 1.67 bits per heavy atom. The molecule has 0 aromatic heterocycles. The van der Waals surface area contributed by atoms with Gasteiger partial charge in [0.25, 0.3) is 0 Å². The third-order valence-corrected chi connectivity index (χ3v) is 10.5. The number of carboxylic acids is 1. The van der Waals surface area contributed by atoms with E-state index in [1.807, 2.05) is 30.0 Å². The molecule has 3 aliphatic rings. The number of alkyl halides is 6. The van der Waals surface area contributed by atoms with Crippen molar-refractivity contribution in [2.24, 2.45) is 17.8 Å². The average Bonchev–Trinajstić information content (AvgIpc) is 3.80. The molecule has 2 aliphatic heterocycles. The van der Waals surface area contributed by atoms with Crippen LogP contribution >= 0.6 is 0 Å². The monoisotopic (exact) mass is 639 g/mol. The predicted octanol–water partition coefficient (Wildman–Crippen LogP) is 9.66. The summed E-state index contributed by atoms with van der Waals surface area (Å²) in [5.41, 5.74) is -0.410. The van der Waals surface area contributed by atoms with Gasteiger partial charge in [-0.3, -0.25) is 9.69 Å². The van der Waals surface area contributed by atoms with Crippen molar-refractivity contribution < 1.29 is 41.0 Å². The summed E-state index contributed by atoms with van der Waals surface area (Å²) in [7, 11) is 0. The van der Waals surface area contributed by atoms with Crippen LogP contribution in [-0.2, 0) is 23.6 Å². The van der Waals surface area contributed by atoms with Crippen LogP contribution in [0.5, 0.6) is 5.75 Å². The van der Waals surface area contributed by atoms with Crippen molar-refractivity contribution in [2.75, 3.05) is 0 Å². The van der Waals surface area contributed by atoms with Crippen LogP contribution in [0.25, 0.3) is 0 Å². The van der Waals surface area contributed by atoms with Crippen molar-refractivity contribution in [2.45, 2.75) is 122 Å². The molecule has 0 amide bonds. The molecule has 0 bridgehead atoms. The number of nitrogens with zero attached hydrogens (tertiary/aromatic N) is 1. The quantitative estimate of drug-likeness (QED) is 0.278. The van der Waals surface area contributed by atoms with Gasteiger partial charge in [0.15, 0.2) is 0 Å². The van der Waals surface area contributed by atoms with Crippen LogP contribution in [0.2, 0.25) is 0 Å². The van der Waals surface area contributed by atoms with Crippen LogP contribution in [0, 0.1) is 17.8 Å². The first kappa shape index (κ1) is 33.6. The number of halogens is 6. The minimum absolute atomic E-state index is 0.0348. The average molecular weight is 640 g/mol. The Hall–Kier alpha value is -2.75. The molecule has 1 saturated heterocycles. The summed E-state index contributed by atoms with van der Waals surface area (Å²) in [6.45, 7) is 7.36. The van der Waals surface area contributed by atoms with Crippen molar-refractivity contribution in [3.05, 3.63) is 64.2 Å². The zero-order valence-electron chi connectivity index (χ0n) is 26.2. The third-order valence-electron chi connectivity index (χ3n) is 10.5. The van der Waals surface area contributed by atoms with Crippen LogP contribution < -0.4 is 4.74 Å². The van der Waals surface area contributed by atoms with Crippen LogP contribution in [0.3, 0.4) is 0 Å². The van der Waals surface area contributed by atoms with E-state index in [0.29, 0.717) is 30.5 Å². The molecular weight excluding hydrogens is 596 g/mol. The number of hydrogen-bond donors (Lipinski definition) is 1. The summed E-state index contributed by atoms with van der Waals surface area (Å²) in [4.78, 5) is 13.8. The van der Waals surface area contributed by atoms with Crippen LogP contribution in [0.1, 0.15) is 112 Å². The van der Waals surface area contributed by atoms with E-state index in [-0.39, 0.29) is 35.6 Å². The van der Waals surface area contributed by atoms with Crippen molar-refractivity contribution in [1.82, 2.24) is 4.90 Å². The molecule has 5 rings (SSSR count). The maximum Gasteiger partial charge on any atom is 0.416 e. The number of aliphatic carboxylic acids is 1. The van der Waals surface area contributed by atoms with Gasteiger partial charge in [-0.1, -0.05) is 32.4 Å². The van der Waals surface area contributed by atoms with Crippen molar-refractivity contribution in [1.29, 1.82) is 0 Å². The number of fused-ring (bicyclic) bond motifs is 1. The molecule has 7 atom stereocenters. The van der Waals surface area contributed by atoms with E-state index in [4.69, 9.17) is 4.74 Å². The summed E-state index contributed by atoms with van der Waals surface area (Å²) >= 11 is 0. The van der Waals surface area contributed by atoms with Gasteiger partial charge >= 0.3 is 18.3 Å². The number of carboxylic acid groups (broad SMARTS) is 1. The number of hydrogen-bond acceptors (Lipinski definition) is 3. The molecule has 1 N–H and O–H groups in total. The minimum Gasteiger partial charge on any atom is -0.490 e. The van der Waals surface area contributed by atoms with Gasteiger partial charge in [-0.25, -0.2) is 0 Å². The summed E-state index contributed by atoms with van der Waals surface area (Å²) < 4.78 is 89.4. The van der Waals surface area contributed by atoms with Gasteiger partial charge in [0, 0.05) is 18.1 Å². The van der Waals surface area contributed by atoms with E-state index in [2.05, 4.69) is 6.92 Å². The number of aryl methyl sites for hydroxylation is 1. The molecule has 5 unspecified atom stereocenters. The van der Waals surface area contributed by atoms with Crippen LogP contribution in [0.4, 0.5) is 26.3 Å². The summed E-state index contributed by atoms with van der Waals surface area (Å²) in [5.74, 6) is -0.254. The molecule has 0 spiro atoms. The molecule has 1 aliphatic carbocycles. The highest BCUT2D eigenvalue weighted by molar-refractivity contribution is 5.71. The Bertz CT molecular complexity index is 1370. The topological polar surface area (TPSA) is 49.8 Å². The van der Waals surface area contributed by atoms with Gasteiger partial charge in [-0.2, -0.15) is 26.3 Å². The molecule has 0 radical (unpaired) electrons. The number of carbonyl (C=O) groups is 1. The van der Waals surface area contributed by atoms with Gasteiger partial charge in [0.2, 0.25) is 0 Å². The molecule has 2 aromatic rings. The number of benzene rings is 2. The Balaban J connectivity index is 1.36. The summed E-state index contributed by atoms with van der Waals surface area (Å²) in [6, 6.07) is 6.71. The SMILES string of the molecule is CC(CC1CCCC(C)N1[C@H](C)c1cc(C(F)(F)F)ccc1C(F)(F)F)C1CCc2ccc(C(C3CC3)[C@H](C)C(=O)O)cc2O1. The predicted molar refractivity (Wildman–Crippen MR) is 159 cm³/mol. The Morgan fingerprint density at radius 3 is 2.29 bits per heavy atom. The van der Waals surface area contributed by atoms with Crippen LogP contribution in [-0.4, -0.2) is 34.2 Å². The molecule has 1 saturated carbocycles. The van der Waals surface area contributed by atoms with E-state index in [0.717, 1.165) is 61.8 Å². The zero-order chi connectivity index (χ0) is 32.8. The van der Waals surface area contributed by atoms with E-state index in [1.165, 1.54) is 0 Å². The lowest BCUT2D eigenvalue weighted by molar-refractivity contribution is -0.142. The molecule has 45 heavy (non-hydrogen) atoms. The van der Waals surface area contributed by atoms with E-state index in [9.17, 15) is 36.2 Å². The van der Waals surface area contributed by atoms with Gasteiger partial charge < -0.3 is 9.84 Å². The Labute approximate surface area is 261 Å². The van der Waals surface area contributed by atoms with Crippen LogP contribution in [0.15, 0.2) is 36.4 Å². The van der Waals surface area contributed by atoms with Gasteiger partial charge in [-0.05, 0) is 118 Å². The smallest absolute Gasteiger partial charge is 0.416 e. The van der Waals surface area contributed by atoms with Gasteiger partial charge in [-0.15, -0.1) is 0 Å². The van der Waals surface area contributed by atoms with Gasteiger partial charge in [0.05, 0.1) is 17.0 Å². The first-order chi connectivity index (χ1) is 21.1. The molecular formula is C35H43F6NO3. The standard InChI is InChI=1S/C35H43F6NO3/c1-19(30-15-12-23-8-11-25(17-31(23)45-30)32(24-9-10-24)21(3)33(43)44)16-27-7-5-6-20(2)42(27)22(4)28-18-26(34(36,37)38)13-14-29(28)35(39,40)41/h8,11,13-14,17-22,24,27,30,32H,5-7,9-10,12,15-16H2,1-4H3,(H,43,44)/t19?,20?,21-,22+,27?,30?,32?/m0/s1. The highest BCUT2D eigenvalue weighted by Crippen LogP contribution is 2.48. The molecule has 4 nitrogen and oxygen atoms in total. The molecule has 248 valence electrons. The number of rotatable bonds is 9. The fourth-order valence-corrected chi connectivity index (χ4v) is 7.92. The lowest BCUT2D eigenvalue weighted by Crippen LogP contribution is -2.48. The van der Waals surface area contributed by atoms with E-state index >= 15 is 0 Å². The molecule has 2 fully saturated rings. The lowest BCUT2D eigenvalue weighted by Gasteiger charge is -2.46. The Kier molecular flexibility index (Phi) is 9.56. The maximum absolute atomic E-state index is 14.0. The van der Waals surface area contributed by atoms with Crippen molar-refractivity contribution >= 4 is 5.97 Å². The normalized spacial score (nSPS) is 25.5. The number of ether oxygens (including phenoxy) is 1. The molecule has 2 heterocycles. The zero-order valence-corrected chi connectivity index (χ0v) is 26.2. The lowest BCUT2D eigenvalue weighted by atomic mass is 9.81. The number of likely N-dealkylation sites (tertiary alicyclic amines) is 1. The maximum atomic E-state index is 14.0.